The molecule has 3 N–H and O–H groups in total. The van der Waals surface area contributed by atoms with Crippen LogP contribution in [0.5, 0.6) is 0 Å². The van der Waals surface area contributed by atoms with Gasteiger partial charge in [-0.2, -0.15) is 8.42 Å². The topological polar surface area (TPSA) is 117 Å². The summed E-state index contributed by atoms with van der Waals surface area (Å²) in [4.78, 5) is 22.8. The molecule has 0 aliphatic carbocycles. The van der Waals surface area contributed by atoms with Crippen LogP contribution in [0.2, 0.25) is 0 Å². The highest BCUT2D eigenvalue weighted by molar-refractivity contribution is 7.90. The number of para-hydroxylation sites is 1. The first-order valence-electron chi connectivity index (χ1n) is 7.99. The number of nitrogens with zero attached hydrogens (tertiary/aromatic N) is 1. The van der Waals surface area contributed by atoms with Crippen LogP contribution in [0.4, 0.5) is 5.69 Å². The fourth-order valence-corrected chi connectivity index (χ4v) is 3.64. The van der Waals surface area contributed by atoms with Crippen LogP contribution < -0.4 is 16.0 Å². The van der Waals surface area contributed by atoms with Crippen molar-refractivity contribution >= 4 is 33.4 Å². The molecule has 2 amide bonds. The predicted octanol–water partition coefficient (Wildman–Crippen LogP) is 0.868. The summed E-state index contributed by atoms with van der Waals surface area (Å²) in [7, 11) is -3.71. The molecule has 0 fully saturated rings. The van der Waals surface area contributed by atoms with Gasteiger partial charge < -0.3 is 16.0 Å². The summed E-state index contributed by atoms with van der Waals surface area (Å²) in [5.74, 6) is -0.0623. The van der Waals surface area contributed by atoms with Crippen LogP contribution in [0, 0.1) is 5.92 Å². The van der Waals surface area contributed by atoms with Crippen LogP contribution in [0.25, 0.3) is 0 Å². The van der Waals surface area contributed by atoms with Crippen LogP contribution in [0.15, 0.2) is 33.6 Å². The summed E-state index contributed by atoms with van der Waals surface area (Å²) in [5, 5.41) is 8.31. The van der Waals surface area contributed by atoms with E-state index < -0.39 is 10.0 Å². The summed E-state index contributed by atoms with van der Waals surface area (Å²) < 4.78 is 28.1. The molecule has 1 aromatic carbocycles. The van der Waals surface area contributed by atoms with Crippen molar-refractivity contribution in [2.75, 3.05) is 18.4 Å². The highest BCUT2D eigenvalue weighted by Crippen LogP contribution is 2.28. The number of carbonyl (C=O) groups excluding carboxylic acids is 2. The minimum Gasteiger partial charge on any atom is -0.355 e. The zero-order chi connectivity index (χ0) is 18.4. The molecule has 25 heavy (non-hydrogen) atoms. The van der Waals surface area contributed by atoms with E-state index in [-0.39, 0.29) is 29.0 Å². The lowest BCUT2D eigenvalue weighted by atomic mass is 10.0. The molecule has 1 unspecified atom stereocenters. The van der Waals surface area contributed by atoms with Crippen molar-refractivity contribution in [2.24, 2.45) is 10.3 Å². The lowest BCUT2D eigenvalue weighted by Crippen LogP contribution is -2.34. The van der Waals surface area contributed by atoms with Gasteiger partial charge in [0.2, 0.25) is 11.8 Å². The Balaban J connectivity index is 1.87. The Morgan fingerprint density at radius 1 is 1.20 bits per heavy atom. The number of anilines is 1. The smallest absolute Gasteiger partial charge is 0.286 e. The Morgan fingerprint density at radius 3 is 2.60 bits per heavy atom. The number of hydrogen-bond donors (Lipinski definition) is 3. The molecule has 0 saturated carbocycles. The van der Waals surface area contributed by atoms with E-state index in [2.05, 4.69) is 20.3 Å². The number of carbonyl (C=O) groups is 2. The van der Waals surface area contributed by atoms with Gasteiger partial charge in [0, 0.05) is 32.9 Å². The molecule has 0 saturated heterocycles. The first kappa shape index (κ1) is 18.9. The highest BCUT2D eigenvalue weighted by atomic mass is 32.2. The lowest BCUT2D eigenvalue weighted by molar-refractivity contribution is -0.122. The van der Waals surface area contributed by atoms with E-state index >= 15 is 0 Å². The van der Waals surface area contributed by atoms with E-state index in [1.54, 1.807) is 18.2 Å². The van der Waals surface area contributed by atoms with E-state index in [1.807, 2.05) is 6.92 Å². The maximum absolute atomic E-state index is 12.2. The van der Waals surface area contributed by atoms with Gasteiger partial charge in [-0.3, -0.25) is 9.59 Å². The summed E-state index contributed by atoms with van der Waals surface area (Å²) in [6.45, 7) is 3.99. The molecule has 0 bridgehead atoms. The molecule has 1 atom stereocenters. The molecule has 1 aliphatic heterocycles. The Morgan fingerprint density at radius 2 is 1.88 bits per heavy atom. The number of rotatable bonds is 7. The minimum atomic E-state index is -3.71. The average Bonchev–Trinajstić information content (AvgIpc) is 2.50. The van der Waals surface area contributed by atoms with Crippen molar-refractivity contribution in [2.45, 2.75) is 31.6 Å². The zero-order valence-corrected chi connectivity index (χ0v) is 15.0. The molecule has 1 heterocycles. The molecule has 2 rings (SSSR count). The van der Waals surface area contributed by atoms with E-state index in [1.165, 1.54) is 13.0 Å². The van der Waals surface area contributed by atoms with E-state index in [0.717, 1.165) is 0 Å². The summed E-state index contributed by atoms with van der Waals surface area (Å²) >= 11 is 0. The van der Waals surface area contributed by atoms with Crippen LogP contribution in [-0.2, 0) is 19.6 Å². The predicted molar refractivity (Wildman–Crippen MR) is 94.8 cm³/mol. The molecule has 0 aromatic heterocycles. The third-order valence-corrected chi connectivity index (χ3v) is 4.94. The second kappa shape index (κ2) is 8.11. The third-order valence-electron chi connectivity index (χ3n) is 3.57. The molecule has 1 aliphatic rings. The summed E-state index contributed by atoms with van der Waals surface area (Å²) in [6, 6.07) is 6.58. The van der Waals surface area contributed by atoms with Crippen molar-refractivity contribution in [3.63, 3.8) is 0 Å². The Labute approximate surface area is 147 Å². The molecule has 136 valence electrons. The zero-order valence-electron chi connectivity index (χ0n) is 14.2. The van der Waals surface area contributed by atoms with Crippen LogP contribution in [-0.4, -0.2) is 39.2 Å². The van der Waals surface area contributed by atoms with Crippen LogP contribution in [0.1, 0.15) is 26.7 Å². The van der Waals surface area contributed by atoms with E-state index in [4.69, 9.17) is 0 Å². The van der Waals surface area contributed by atoms with Gasteiger partial charge in [0.1, 0.15) is 10.7 Å². The van der Waals surface area contributed by atoms with Gasteiger partial charge in [0.25, 0.3) is 10.0 Å². The molecule has 1 aromatic rings. The van der Waals surface area contributed by atoms with Crippen LogP contribution >= 0.6 is 0 Å². The Hall–Kier alpha value is -2.42. The van der Waals surface area contributed by atoms with Gasteiger partial charge in [-0.05, 0) is 18.1 Å². The van der Waals surface area contributed by atoms with Gasteiger partial charge in [-0.15, -0.1) is 4.40 Å². The quantitative estimate of drug-likeness (QED) is 0.619. The van der Waals surface area contributed by atoms with Gasteiger partial charge in [0.15, 0.2) is 0 Å². The normalized spacial score (nSPS) is 16.0. The third kappa shape index (κ3) is 5.56. The van der Waals surface area contributed by atoms with Gasteiger partial charge >= 0.3 is 0 Å². The first-order valence-corrected chi connectivity index (χ1v) is 9.43. The SMILES string of the molecule is CC(=O)NCCNC(=O)CC(C)CC1=NS(=O)(=O)c2ccccc2N1. The van der Waals surface area contributed by atoms with Gasteiger partial charge in [-0.25, -0.2) is 0 Å². The Bertz CT molecular complexity index is 789. The highest BCUT2D eigenvalue weighted by Gasteiger charge is 2.25. The number of nitrogens with one attached hydrogen (secondary N) is 3. The number of hydrogen-bond acceptors (Lipinski definition) is 5. The second-order valence-electron chi connectivity index (χ2n) is 5.98. The largest absolute Gasteiger partial charge is 0.355 e. The summed E-state index contributed by atoms with van der Waals surface area (Å²) in [6.07, 6.45) is 0.579. The number of amidine groups is 1. The van der Waals surface area contributed by atoms with E-state index in [9.17, 15) is 18.0 Å². The average molecular weight is 366 g/mol. The molecule has 0 spiro atoms. The lowest BCUT2D eigenvalue weighted by Gasteiger charge is -2.20. The summed E-state index contributed by atoms with van der Waals surface area (Å²) in [5.41, 5.74) is 0.499. The molecular formula is C16H22N4O4S. The second-order valence-corrected chi connectivity index (χ2v) is 7.55. The van der Waals surface area contributed by atoms with Gasteiger partial charge in [-0.1, -0.05) is 19.1 Å². The van der Waals surface area contributed by atoms with Crippen LogP contribution in [0.3, 0.4) is 0 Å². The van der Waals surface area contributed by atoms with E-state index in [0.29, 0.717) is 31.0 Å². The van der Waals surface area contributed by atoms with Crippen molar-refractivity contribution in [1.29, 1.82) is 0 Å². The van der Waals surface area contributed by atoms with Gasteiger partial charge in [0.05, 0.1) is 5.69 Å². The maximum Gasteiger partial charge on any atom is 0.286 e. The fourth-order valence-electron chi connectivity index (χ4n) is 2.49. The van der Waals surface area contributed by atoms with Crippen molar-refractivity contribution in [3.05, 3.63) is 24.3 Å². The molecule has 9 heteroatoms. The van der Waals surface area contributed by atoms with Crippen molar-refractivity contribution in [3.8, 4) is 0 Å². The number of sulfonamides is 1. The number of fused-ring (bicyclic) bond motifs is 1. The monoisotopic (exact) mass is 366 g/mol. The first-order chi connectivity index (χ1) is 11.8. The minimum absolute atomic E-state index is 0.0903. The Kier molecular flexibility index (Phi) is 6.13. The fraction of sp³-hybridized carbons (Fsp3) is 0.438. The molecular weight excluding hydrogens is 344 g/mol. The van der Waals surface area contributed by atoms with Crippen molar-refractivity contribution in [1.82, 2.24) is 10.6 Å². The van der Waals surface area contributed by atoms with Crippen molar-refractivity contribution < 1.29 is 18.0 Å². The standard InChI is InChI=1S/C16H22N4O4S/c1-11(10-16(22)18-8-7-17-12(2)21)9-15-19-13-5-3-4-6-14(13)25(23,24)20-15/h3-6,11H,7-10H2,1-2H3,(H,17,21)(H,18,22)(H,19,20). The molecule has 0 radical (unpaired) electrons. The number of benzene rings is 1. The number of amides is 2. The molecule has 8 nitrogen and oxygen atoms in total. The maximum atomic E-state index is 12.2.